The molecule has 19 heavy (non-hydrogen) atoms. The summed E-state index contributed by atoms with van der Waals surface area (Å²) in [6.07, 6.45) is 1.51. The molecule has 1 amide bonds. The van der Waals surface area contributed by atoms with Crippen molar-refractivity contribution < 1.29 is 4.79 Å². The number of nitrogens with two attached hydrogens (primary N) is 1. The first kappa shape index (κ1) is 13.1. The summed E-state index contributed by atoms with van der Waals surface area (Å²) in [4.78, 5) is 14.3. The van der Waals surface area contributed by atoms with Crippen LogP contribution < -0.4 is 10.6 Å². The van der Waals surface area contributed by atoms with E-state index < -0.39 is 0 Å². The van der Waals surface area contributed by atoms with E-state index in [-0.39, 0.29) is 5.91 Å². The highest BCUT2D eigenvalue weighted by molar-refractivity contribution is 6.09. The molecule has 0 unspecified atom stereocenters. The number of aryl methyl sites for hydroxylation is 2. The van der Waals surface area contributed by atoms with Crippen LogP contribution >= 0.6 is 0 Å². The largest absolute Gasteiger partial charge is 0.383 e. The lowest BCUT2D eigenvalue weighted by molar-refractivity contribution is 0.0989. The molecule has 1 aromatic carbocycles. The monoisotopic (exact) mass is 258 g/mol. The molecule has 2 N–H and O–H groups in total. The van der Waals surface area contributed by atoms with E-state index >= 15 is 0 Å². The number of nitrogens with zero attached hydrogens (tertiary/aromatic N) is 3. The quantitative estimate of drug-likeness (QED) is 0.915. The second kappa shape index (κ2) is 5.14. The fourth-order valence-electron chi connectivity index (χ4n) is 2.05. The summed E-state index contributed by atoms with van der Waals surface area (Å²) in [6.45, 7) is 4.51. The minimum absolute atomic E-state index is 0.123. The van der Waals surface area contributed by atoms with Crippen LogP contribution in [0.4, 0.5) is 11.5 Å². The Morgan fingerprint density at radius 2 is 2.11 bits per heavy atom. The van der Waals surface area contributed by atoms with Gasteiger partial charge < -0.3 is 10.6 Å². The highest BCUT2D eigenvalue weighted by atomic mass is 16.2. The SMILES string of the molecule is CCN(C(=O)c1cnn(C)c1N)c1ccccc1C. The molecule has 0 spiro atoms. The molecule has 5 nitrogen and oxygen atoms in total. The van der Waals surface area contributed by atoms with Crippen molar-refractivity contribution in [3.63, 3.8) is 0 Å². The Bertz CT molecular complexity index is 603. The van der Waals surface area contributed by atoms with Crippen LogP contribution in [0.1, 0.15) is 22.8 Å². The number of hydrogen-bond acceptors (Lipinski definition) is 3. The predicted molar refractivity (Wildman–Crippen MR) is 76.1 cm³/mol. The van der Waals surface area contributed by atoms with Gasteiger partial charge in [-0.15, -0.1) is 0 Å². The maximum absolute atomic E-state index is 12.6. The summed E-state index contributed by atoms with van der Waals surface area (Å²) in [5.74, 6) is 0.263. The van der Waals surface area contributed by atoms with Gasteiger partial charge in [0.1, 0.15) is 11.4 Å². The third-order valence-electron chi connectivity index (χ3n) is 3.18. The summed E-state index contributed by atoms with van der Waals surface area (Å²) >= 11 is 0. The molecule has 0 atom stereocenters. The molecular weight excluding hydrogens is 240 g/mol. The molecule has 2 rings (SSSR count). The summed E-state index contributed by atoms with van der Waals surface area (Å²) in [5, 5.41) is 4.01. The lowest BCUT2D eigenvalue weighted by atomic mass is 10.1. The van der Waals surface area contributed by atoms with E-state index in [9.17, 15) is 4.79 Å². The summed E-state index contributed by atoms with van der Waals surface area (Å²) in [5.41, 5.74) is 8.26. The first-order valence-electron chi connectivity index (χ1n) is 6.21. The van der Waals surface area contributed by atoms with Crippen LogP contribution in [0.2, 0.25) is 0 Å². The number of aromatic nitrogens is 2. The van der Waals surface area contributed by atoms with E-state index in [0.29, 0.717) is 17.9 Å². The van der Waals surface area contributed by atoms with Gasteiger partial charge in [-0.05, 0) is 25.5 Å². The molecule has 0 aliphatic heterocycles. The third kappa shape index (κ3) is 2.31. The Labute approximate surface area is 112 Å². The average Bonchev–Trinajstić information content (AvgIpc) is 2.73. The van der Waals surface area contributed by atoms with Gasteiger partial charge in [0, 0.05) is 19.3 Å². The number of hydrogen-bond donors (Lipinski definition) is 1. The molecule has 100 valence electrons. The van der Waals surface area contributed by atoms with Crippen molar-refractivity contribution in [1.29, 1.82) is 0 Å². The van der Waals surface area contributed by atoms with E-state index in [4.69, 9.17) is 5.73 Å². The van der Waals surface area contributed by atoms with Crippen molar-refractivity contribution in [2.75, 3.05) is 17.2 Å². The van der Waals surface area contributed by atoms with E-state index in [1.54, 1.807) is 11.9 Å². The minimum Gasteiger partial charge on any atom is -0.383 e. The van der Waals surface area contributed by atoms with E-state index in [1.165, 1.54) is 10.9 Å². The molecule has 0 bridgehead atoms. The van der Waals surface area contributed by atoms with Crippen LogP contribution in [0.15, 0.2) is 30.5 Å². The fraction of sp³-hybridized carbons (Fsp3) is 0.286. The lowest BCUT2D eigenvalue weighted by Crippen LogP contribution is -2.31. The normalized spacial score (nSPS) is 10.5. The van der Waals surface area contributed by atoms with E-state index in [2.05, 4.69) is 5.10 Å². The molecule has 2 aromatic rings. The number of anilines is 2. The Kier molecular flexibility index (Phi) is 3.55. The van der Waals surface area contributed by atoms with Gasteiger partial charge in [-0.2, -0.15) is 5.10 Å². The van der Waals surface area contributed by atoms with Gasteiger partial charge in [-0.25, -0.2) is 0 Å². The number of rotatable bonds is 3. The topological polar surface area (TPSA) is 64.2 Å². The van der Waals surface area contributed by atoms with Gasteiger partial charge in [0.15, 0.2) is 0 Å². The molecule has 1 heterocycles. The van der Waals surface area contributed by atoms with Crippen molar-refractivity contribution in [1.82, 2.24) is 9.78 Å². The van der Waals surface area contributed by atoms with Crippen LogP contribution in [-0.4, -0.2) is 22.2 Å². The molecule has 0 fully saturated rings. The number of carbonyl (C=O) groups excluding carboxylic acids is 1. The van der Waals surface area contributed by atoms with Crippen molar-refractivity contribution in [3.8, 4) is 0 Å². The standard InChI is InChI=1S/C14H18N4O/c1-4-18(12-8-6-5-7-10(12)2)14(19)11-9-16-17(3)13(11)15/h5-9H,4,15H2,1-3H3. The van der Waals surface area contributed by atoms with Crippen molar-refractivity contribution in [3.05, 3.63) is 41.6 Å². The number of para-hydroxylation sites is 1. The number of carbonyl (C=O) groups is 1. The van der Waals surface area contributed by atoms with Crippen LogP contribution in [0, 0.1) is 6.92 Å². The lowest BCUT2D eigenvalue weighted by Gasteiger charge is -2.22. The van der Waals surface area contributed by atoms with E-state index in [1.807, 2.05) is 38.1 Å². The number of nitrogen functional groups attached to an aromatic ring is 1. The highest BCUT2D eigenvalue weighted by Gasteiger charge is 2.21. The fourth-order valence-corrected chi connectivity index (χ4v) is 2.05. The Morgan fingerprint density at radius 1 is 1.42 bits per heavy atom. The smallest absolute Gasteiger partial charge is 0.263 e. The third-order valence-corrected chi connectivity index (χ3v) is 3.18. The first-order chi connectivity index (χ1) is 9.06. The molecule has 0 aliphatic rings. The highest BCUT2D eigenvalue weighted by Crippen LogP contribution is 2.22. The van der Waals surface area contributed by atoms with Gasteiger partial charge in [0.25, 0.3) is 5.91 Å². The van der Waals surface area contributed by atoms with Crippen molar-refractivity contribution in [2.45, 2.75) is 13.8 Å². The second-order valence-electron chi connectivity index (χ2n) is 4.40. The second-order valence-corrected chi connectivity index (χ2v) is 4.40. The van der Waals surface area contributed by atoms with Crippen LogP contribution in [0.3, 0.4) is 0 Å². The van der Waals surface area contributed by atoms with Gasteiger partial charge in [-0.3, -0.25) is 9.48 Å². The maximum atomic E-state index is 12.6. The summed E-state index contributed by atoms with van der Waals surface area (Å²) in [6, 6.07) is 7.79. The van der Waals surface area contributed by atoms with Crippen LogP contribution in [-0.2, 0) is 7.05 Å². The zero-order chi connectivity index (χ0) is 14.0. The molecule has 0 saturated carbocycles. The van der Waals surface area contributed by atoms with Crippen molar-refractivity contribution in [2.24, 2.45) is 7.05 Å². The molecular formula is C14H18N4O. The van der Waals surface area contributed by atoms with Gasteiger partial charge in [0.2, 0.25) is 0 Å². The van der Waals surface area contributed by atoms with Crippen LogP contribution in [0.25, 0.3) is 0 Å². The van der Waals surface area contributed by atoms with Crippen LogP contribution in [0.5, 0.6) is 0 Å². The molecule has 0 saturated heterocycles. The maximum Gasteiger partial charge on any atom is 0.263 e. The number of amides is 1. The zero-order valence-corrected chi connectivity index (χ0v) is 11.4. The van der Waals surface area contributed by atoms with Gasteiger partial charge in [-0.1, -0.05) is 18.2 Å². The number of benzene rings is 1. The van der Waals surface area contributed by atoms with E-state index in [0.717, 1.165) is 11.3 Å². The minimum atomic E-state index is -0.123. The van der Waals surface area contributed by atoms with Gasteiger partial charge in [0.05, 0.1) is 6.20 Å². The molecule has 1 aromatic heterocycles. The first-order valence-corrected chi connectivity index (χ1v) is 6.21. The Hall–Kier alpha value is -2.30. The molecule has 0 aliphatic carbocycles. The van der Waals surface area contributed by atoms with Gasteiger partial charge >= 0.3 is 0 Å². The van der Waals surface area contributed by atoms with Crippen molar-refractivity contribution >= 4 is 17.4 Å². The Balaban J connectivity index is 2.41. The zero-order valence-electron chi connectivity index (χ0n) is 11.4. The Morgan fingerprint density at radius 3 is 2.63 bits per heavy atom. The molecule has 5 heteroatoms. The molecule has 0 radical (unpaired) electrons. The average molecular weight is 258 g/mol. The predicted octanol–water partition coefficient (Wildman–Crippen LogP) is 1.98. The summed E-state index contributed by atoms with van der Waals surface area (Å²) < 4.78 is 1.50. The summed E-state index contributed by atoms with van der Waals surface area (Å²) in [7, 11) is 1.72.